The van der Waals surface area contributed by atoms with Gasteiger partial charge in [0.2, 0.25) is 0 Å². The molecule has 2 rings (SSSR count). The zero-order chi connectivity index (χ0) is 13.1. The third-order valence-corrected chi connectivity index (χ3v) is 3.88. The van der Waals surface area contributed by atoms with Gasteiger partial charge >= 0.3 is 0 Å². The second-order valence-electron chi connectivity index (χ2n) is 4.91. The molecule has 1 aliphatic rings. The third kappa shape index (κ3) is 2.95. The highest BCUT2D eigenvalue weighted by atomic mass is 79.9. The smallest absolute Gasteiger partial charge is 0.268 e. The first kappa shape index (κ1) is 13.6. The Hall–Kier alpha value is -0.810. The Bertz CT molecular complexity index is 430. The quantitative estimate of drug-likeness (QED) is 0.895. The minimum Gasteiger partial charge on any atom is -0.346 e. The zero-order valence-corrected chi connectivity index (χ0v) is 12.2. The van der Waals surface area contributed by atoms with Crippen molar-refractivity contribution in [2.45, 2.75) is 51.2 Å². The van der Waals surface area contributed by atoms with E-state index in [2.05, 4.69) is 28.2 Å². The van der Waals surface area contributed by atoms with Crippen molar-refractivity contribution in [3.05, 3.63) is 22.4 Å². The fourth-order valence-electron chi connectivity index (χ4n) is 2.50. The van der Waals surface area contributed by atoms with Crippen LogP contribution in [0.1, 0.15) is 43.1 Å². The fraction of sp³-hybridized carbons (Fsp3) is 0.615. The van der Waals surface area contributed by atoms with Crippen LogP contribution in [-0.4, -0.2) is 22.6 Å². The highest BCUT2D eigenvalue weighted by Gasteiger charge is 2.26. The second kappa shape index (κ2) is 5.89. The number of nitrogens with zero attached hydrogens (tertiary/aromatic N) is 1. The number of rotatable bonds is 4. The van der Waals surface area contributed by atoms with Crippen molar-refractivity contribution >= 4 is 21.8 Å². The van der Waals surface area contributed by atoms with Crippen molar-refractivity contribution in [2.75, 3.05) is 0 Å². The molecule has 1 heterocycles. The number of halogens is 1. The van der Waals surface area contributed by atoms with Gasteiger partial charge in [-0.1, -0.05) is 6.92 Å². The minimum atomic E-state index is -0.0171. The number of amides is 1. The fourth-order valence-corrected chi connectivity index (χ4v) is 2.97. The summed E-state index contributed by atoms with van der Waals surface area (Å²) in [5, 5.41) is 3.05. The standard InChI is InChI=1S/C13H20BrN3O/c1-2-6-17-8-9(14)7-12(17)13(18)16-11-5-3-4-10(11)15/h7-8,10-11H,2-6,15H2,1H3,(H,16,18). The summed E-state index contributed by atoms with van der Waals surface area (Å²) in [6.45, 7) is 2.95. The zero-order valence-electron chi connectivity index (χ0n) is 10.7. The number of aromatic nitrogens is 1. The molecule has 3 N–H and O–H groups in total. The number of nitrogens with two attached hydrogens (primary N) is 1. The van der Waals surface area contributed by atoms with E-state index in [1.165, 1.54) is 0 Å². The summed E-state index contributed by atoms with van der Waals surface area (Å²) in [6, 6.07) is 2.10. The summed E-state index contributed by atoms with van der Waals surface area (Å²) in [5.41, 5.74) is 6.69. The van der Waals surface area contributed by atoms with Gasteiger partial charge in [0.15, 0.2) is 0 Å². The maximum atomic E-state index is 12.2. The summed E-state index contributed by atoms with van der Waals surface area (Å²) in [5.74, 6) is -0.0171. The third-order valence-electron chi connectivity index (χ3n) is 3.45. The van der Waals surface area contributed by atoms with Gasteiger partial charge < -0.3 is 15.6 Å². The lowest BCUT2D eigenvalue weighted by Crippen LogP contribution is -2.44. The van der Waals surface area contributed by atoms with Crippen LogP contribution in [0.15, 0.2) is 16.7 Å². The summed E-state index contributed by atoms with van der Waals surface area (Å²) in [6.07, 6.45) is 6.05. The van der Waals surface area contributed by atoms with Crippen molar-refractivity contribution in [1.29, 1.82) is 0 Å². The molecule has 100 valence electrons. The first-order valence-electron chi connectivity index (χ1n) is 6.54. The Morgan fingerprint density at radius 1 is 1.61 bits per heavy atom. The van der Waals surface area contributed by atoms with E-state index in [1.807, 2.05) is 16.8 Å². The van der Waals surface area contributed by atoms with Crippen LogP contribution in [-0.2, 0) is 6.54 Å². The maximum absolute atomic E-state index is 12.2. The molecule has 4 nitrogen and oxygen atoms in total. The Morgan fingerprint density at radius 3 is 3.00 bits per heavy atom. The molecule has 0 radical (unpaired) electrons. The Labute approximate surface area is 116 Å². The van der Waals surface area contributed by atoms with Crippen LogP contribution in [0, 0.1) is 0 Å². The van der Waals surface area contributed by atoms with Crippen molar-refractivity contribution in [3.63, 3.8) is 0 Å². The molecule has 2 unspecified atom stereocenters. The van der Waals surface area contributed by atoms with Crippen molar-refractivity contribution in [3.8, 4) is 0 Å². The van der Waals surface area contributed by atoms with Crippen LogP contribution in [0.5, 0.6) is 0 Å². The normalized spacial score (nSPS) is 23.3. The van der Waals surface area contributed by atoms with Crippen molar-refractivity contribution < 1.29 is 4.79 Å². The van der Waals surface area contributed by atoms with Crippen LogP contribution in [0.2, 0.25) is 0 Å². The van der Waals surface area contributed by atoms with Crippen LogP contribution in [0.4, 0.5) is 0 Å². The molecule has 2 atom stereocenters. The van der Waals surface area contributed by atoms with Gasteiger partial charge in [-0.2, -0.15) is 0 Å². The Morgan fingerprint density at radius 2 is 2.39 bits per heavy atom. The number of hydrogen-bond donors (Lipinski definition) is 2. The van der Waals surface area contributed by atoms with Gasteiger partial charge in [-0.15, -0.1) is 0 Å². The predicted octanol–water partition coefficient (Wildman–Crippen LogP) is 2.27. The molecule has 0 spiro atoms. The first-order chi connectivity index (χ1) is 8.61. The molecule has 1 saturated carbocycles. The summed E-state index contributed by atoms with van der Waals surface area (Å²) >= 11 is 3.42. The molecule has 1 aromatic rings. The van der Waals surface area contributed by atoms with Crippen LogP contribution in [0.25, 0.3) is 0 Å². The highest BCUT2D eigenvalue weighted by Crippen LogP contribution is 2.19. The van der Waals surface area contributed by atoms with Gasteiger partial charge in [-0.25, -0.2) is 0 Å². The highest BCUT2D eigenvalue weighted by molar-refractivity contribution is 9.10. The lowest BCUT2D eigenvalue weighted by molar-refractivity contribution is 0.0925. The topological polar surface area (TPSA) is 60.0 Å². The van der Waals surface area contributed by atoms with E-state index in [4.69, 9.17) is 5.73 Å². The molecule has 1 aromatic heterocycles. The molecule has 1 aliphatic carbocycles. The second-order valence-corrected chi connectivity index (χ2v) is 5.83. The molecule has 1 amide bonds. The molecule has 0 aromatic carbocycles. The summed E-state index contributed by atoms with van der Waals surface area (Å²) < 4.78 is 2.93. The minimum absolute atomic E-state index is 0.0171. The lowest BCUT2D eigenvalue weighted by atomic mass is 10.2. The van der Waals surface area contributed by atoms with E-state index >= 15 is 0 Å². The summed E-state index contributed by atoms with van der Waals surface area (Å²) in [4.78, 5) is 12.2. The van der Waals surface area contributed by atoms with Crippen LogP contribution < -0.4 is 11.1 Å². The number of aryl methyl sites for hydroxylation is 1. The van der Waals surface area contributed by atoms with Gasteiger partial charge in [-0.3, -0.25) is 4.79 Å². The first-order valence-corrected chi connectivity index (χ1v) is 7.33. The molecular formula is C13H20BrN3O. The Balaban J connectivity index is 2.08. The number of carbonyl (C=O) groups is 1. The summed E-state index contributed by atoms with van der Waals surface area (Å²) in [7, 11) is 0. The van der Waals surface area contributed by atoms with E-state index in [1.54, 1.807) is 0 Å². The average molecular weight is 314 g/mol. The van der Waals surface area contributed by atoms with Crippen LogP contribution in [0.3, 0.4) is 0 Å². The van der Waals surface area contributed by atoms with Crippen LogP contribution >= 0.6 is 15.9 Å². The maximum Gasteiger partial charge on any atom is 0.268 e. The Kier molecular flexibility index (Phi) is 4.45. The molecule has 0 aliphatic heterocycles. The number of hydrogen-bond acceptors (Lipinski definition) is 2. The molecular weight excluding hydrogens is 294 g/mol. The largest absolute Gasteiger partial charge is 0.346 e. The van der Waals surface area contributed by atoms with Gasteiger partial charge in [0.25, 0.3) is 5.91 Å². The molecule has 5 heteroatoms. The molecule has 0 saturated heterocycles. The average Bonchev–Trinajstić information content (AvgIpc) is 2.87. The molecule has 0 bridgehead atoms. The number of carbonyl (C=O) groups excluding carboxylic acids is 1. The molecule has 1 fully saturated rings. The SMILES string of the molecule is CCCn1cc(Br)cc1C(=O)NC1CCCC1N. The van der Waals surface area contributed by atoms with Gasteiger partial charge in [0, 0.05) is 29.3 Å². The lowest BCUT2D eigenvalue weighted by Gasteiger charge is -2.17. The monoisotopic (exact) mass is 313 g/mol. The number of nitrogens with one attached hydrogen (secondary N) is 1. The van der Waals surface area contributed by atoms with Gasteiger partial charge in [0.1, 0.15) is 5.69 Å². The van der Waals surface area contributed by atoms with E-state index in [0.717, 1.165) is 36.7 Å². The van der Waals surface area contributed by atoms with Gasteiger partial charge in [0.05, 0.1) is 0 Å². The van der Waals surface area contributed by atoms with E-state index in [-0.39, 0.29) is 18.0 Å². The predicted molar refractivity (Wildman–Crippen MR) is 75.5 cm³/mol. The van der Waals surface area contributed by atoms with Crippen molar-refractivity contribution in [2.24, 2.45) is 5.73 Å². The van der Waals surface area contributed by atoms with E-state index < -0.39 is 0 Å². The van der Waals surface area contributed by atoms with E-state index in [9.17, 15) is 4.79 Å². The van der Waals surface area contributed by atoms with Crippen molar-refractivity contribution in [1.82, 2.24) is 9.88 Å². The van der Waals surface area contributed by atoms with Gasteiger partial charge in [-0.05, 0) is 47.7 Å². The van der Waals surface area contributed by atoms with E-state index in [0.29, 0.717) is 5.69 Å². The molecule has 18 heavy (non-hydrogen) atoms.